The largest absolute Gasteiger partial charge is 0.318 e. The van der Waals surface area contributed by atoms with Gasteiger partial charge in [0.05, 0.1) is 12.9 Å². The van der Waals surface area contributed by atoms with Gasteiger partial charge in [-0.05, 0) is 19.3 Å². The van der Waals surface area contributed by atoms with Crippen LogP contribution < -0.4 is 5.30 Å². The van der Waals surface area contributed by atoms with Gasteiger partial charge in [0.15, 0.2) is 0 Å². The van der Waals surface area contributed by atoms with Crippen molar-refractivity contribution in [2.45, 2.75) is 24.9 Å². The van der Waals surface area contributed by atoms with Gasteiger partial charge in [-0.2, -0.15) is 8.42 Å². The van der Waals surface area contributed by atoms with Gasteiger partial charge < -0.3 is 4.57 Å². The Hall–Kier alpha value is -0.640. The van der Waals surface area contributed by atoms with E-state index in [1.54, 1.807) is 0 Å². The van der Waals surface area contributed by atoms with Gasteiger partial charge in [0.1, 0.15) is 7.14 Å². The molecule has 1 aliphatic rings. The minimum Gasteiger partial charge on any atom is -0.318 e. The molecule has 4 nitrogen and oxygen atoms in total. The van der Waals surface area contributed by atoms with Crippen molar-refractivity contribution >= 4 is 22.6 Å². The third-order valence-electron chi connectivity index (χ3n) is 3.56. The van der Waals surface area contributed by atoms with Crippen LogP contribution in [0.3, 0.4) is 0 Å². The fourth-order valence-corrected chi connectivity index (χ4v) is 6.56. The van der Waals surface area contributed by atoms with Gasteiger partial charge in [0, 0.05) is 17.1 Å². The number of hydrogen-bond acceptors (Lipinski definition) is 4. The van der Waals surface area contributed by atoms with Crippen LogP contribution in [-0.2, 0) is 18.9 Å². The van der Waals surface area contributed by atoms with E-state index in [2.05, 4.69) is 0 Å². The Balaban J connectivity index is 2.07. The minimum atomic E-state index is -3.41. The molecular formula is C13H19O4PS. The van der Waals surface area contributed by atoms with E-state index in [4.69, 9.17) is 4.18 Å². The average Bonchev–Trinajstić information content (AvgIpc) is 2.72. The quantitative estimate of drug-likeness (QED) is 0.618. The molecule has 0 aromatic heterocycles. The molecule has 0 bridgehead atoms. The Bertz CT molecular complexity index is 568. The fourth-order valence-electron chi connectivity index (χ4n) is 2.66. The van der Waals surface area contributed by atoms with E-state index >= 15 is 0 Å². The third-order valence-corrected chi connectivity index (χ3v) is 8.00. The van der Waals surface area contributed by atoms with Crippen LogP contribution >= 0.6 is 7.14 Å². The zero-order valence-electron chi connectivity index (χ0n) is 11.0. The molecule has 0 aliphatic carbocycles. The molecule has 1 aromatic rings. The van der Waals surface area contributed by atoms with E-state index in [0.717, 1.165) is 30.6 Å². The average molecular weight is 302 g/mol. The number of hydrogen-bond donors (Lipinski definition) is 0. The van der Waals surface area contributed by atoms with Crippen LogP contribution in [0.25, 0.3) is 0 Å². The highest BCUT2D eigenvalue weighted by molar-refractivity contribution is 7.86. The first kappa shape index (κ1) is 14.8. The zero-order valence-corrected chi connectivity index (χ0v) is 12.7. The van der Waals surface area contributed by atoms with Crippen molar-refractivity contribution in [1.29, 1.82) is 0 Å². The van der Waals surface area contributed by atoms with Crippen LogP contribution in [0.4, 0.5) is 0 Å². The van der Waals surface area contributed by atoms with E-state index < -0.39 is 17.3 Å². The van der Waals surface area contributed by atoms with E-state index in [9.17, 15) is 13.0 Å². The molecule has 0 N–H and O–H groups in total. The molecule has 0 saturated carbocycles. The molecule has 1 saturated heterocycles. The highest BCUT2D eigenvalue weighted by Gasteiger charge is 2.38. The minimum absolute atomic E-state index is 0.0525. The van der Waals surface area contributed by atoms with Gasteiger partial charge in [0.2, 0.25) is 0 Å². The summed E-state index contributed by atoms with van der Waals surface area (Å²) in [6.07, 6.45) is 4.13. The lowest BCUT2D eigenvalue weighted by molar-refractivity contribution is 0.312. The van der Waals surface area contributed by atoms with E-state index in [1.807, 2.05) is 30.3 Å². The summed E-state index contributed by atoms with van der Waals surface area (Å²) in [7, 11) is -5.80. The Morgan fingerprint density at radius 1 is 1.32 bits per heavy atom. The molecule has 2 rings (SSSR count). The maximum atomic E-state index is 13.1. The van der Waals surface area contributed by atoms with Gasteiger partial charge in [-0.3, -0.25) is 4.18 Å². The van der Waals surface area contributed by atoms with Crippen molar-refractivity contribution in [2.24, 2.45) is 0 Å². The monoisotopic (exact) mass is 302 g/mol. The predicted molar refractivity (Wildman–Crippen MR) is 77.0 cm³/mol. The first-order valence-electron chi connectivity index (χ1n) is 6.40. The zero-order chi connectivity index (χ0) is 13.9. The second-order valence-electron chi connectivity index (χ2n) is 4.97. The first-order chi connectivity index (χ1) is 8.92. The molecule has 1 heterocycles. The molecule has 2 atom stereocenters. The lowest BCUT2D eigenvalue weighted by Crippen LogP contribution is -2.17. The standard InChI is InChI=1S/C13H19O4PS/c1-19(15,16)17-10-9-13-8-5-11-18(13,14)12-6-3-2-4-7-12/h2-4,6-7,13H,5,8-11H2,1H3/t13-,18?/m1/s1. The molecule has 6 heteroatoms. The molecule has 1 aromatic carbocycles. The number of benzene rings is 1. The van der Waals surface area contributed by atoms with Crippen molar-refractivity contribution < 1.29 is 17.2 Å². The van der Waals surface area contributed by atoms with Gasteiger partial charge >= 0.3 is 0 Å². The van der Waals surface area contributed by atoms with Crippen molar-refractivity contribution in [2.75, 3.05) is 19.0 Å². The van der Waals surface area contributed by atoms with Gasteiger partial charge in [-0.15, -0.1) is 0 Å². The lowest BCUT2D eigenvalue weighted by Gasteiger charge is -2.20. The van der Waals surface area contributed by atoms with Crippen LogP contribution in [0.2, 0.25) is 0 Å². The van der Waals surface area contributed by atoms with Crippen molar-refractivity contribution in [1.82, 2.24) is 0 Å². The lowest BCUT2D eigenvalue weighted by atomic mass is 10.2. The Morgan fingerprint density at radius 2 is 2.00 bits per heavy atom. The smallest absolute Gasteiger partial charge is 0.264 e. The molecule has 1 aliphatic heterocycles. The summed E-state index contributed by atoms with van der Waals surface area (Å²) in [6, 6.07) is 9.54. The summed E-state index contributed by atoms with van der Waals surface area (Å²) in [5.41, 5.74) is 0.0525. The van der Waals surface area contributed by atoms with Crippen LogP contribution in [0.5, 0.6) is 0 Å². The van der Waals surface area contributed by atoms with E-state index in [0.29, 0.717) is 6.42 Å². The summed E-state index contributed by atoms with van der Waals surface area (Å²) in [4.78, 5) is 0. The normalized spacial score (nSPS) is 27.5. The maximum Gasteiger partial charge on any atom is 0.264 e. The second kappa shape index (κ2) is 5.78. The Morgan fingerprint density at radius 3 is 2.63 bits per heavy atom. The molecule has 19 heavy (non-hydrogen) atoms. The van der Waals surface area contributed by atoms with Crippen LogP contribution in [0.1, 0.15) is 19.3 Å². The summed E-state index contributed by atoms with van der Waals surface area (Å²) < 4.78 is 39.8. The summed E-state index contributed by atoms with van der Waals surface area (Å²) in [5, 5.41) is 0.914. The van der Waals surface area contributed by atoms with Crippen LogP contribution in [0.15, 0.2) is 30.3 Å². The molecule has 1 fully saturated rings. The van der Waals surface area contributed by atoms with E-state index in [-0.39, 0.29) is 12.3 Å². The number of rotatable bonds is 5. The topological polar surface area (TPSA) is 60.4 Å². The van der Waals surface area contributed by atoms with E-state index in [1.165, 1.54) is 0 Å². The van der Waals surface area contributed by atoms with Gasteiger partial charge in [0.25, 0.3) is 10.1 Å². The maximum absolute atomic E-state index is 13.1. The fraction of sp³-hybridized carbons (Fsp3) is 0.538. The summed E-state index contributed by atoms with van der Waals surface area (Å²) >= 11 is 0. The Kier molecular flexibility index (Phi) is 4.49. The van der Waals surface area contributed by atoms with Crippen molar-refractivity contribution in [3.8, 4) is 0 Å². The second-order valence-corrected chi connectivity index (χ2v) is 9.89. The van der Waals surface area contributed by atoms with Crippen LogP contribution in [0, 0.1) is 0 Å². The molecule has 0 spiro atoms. The highest BCUT2D eigenvalue weighted by Crippen LogP contribution is 2.58. The summed E-state index contributed by atoms with van der Waals surface area (Å²) in [6.45, 7) is 0.125. The van der Waals surface area contributed by atoms with Crippen LogP contribution in [-0.4, -0.2) is 33.1 Å². The molecular weight excluding hydrogens is 283 g/mol. The van der Waals surface area contributed by atoms with Gasteiger partial charge in [-0.1, -0.05) is 30.3 Å². The molecule has 1 unspecified atom stereocenters. The predicted octanol–water partition coefficient (Wildman–Crippen LogP) is 2.20. The SMILES string of the molecule is CS(=O)(=O)OCC[C@H]1CCCP1(=O)c1ccccc1. The van der Waals surface area contributed by atoms with Crippen molar-refractivity contribution in [3.05, 3.63) is 30.3 Å². The molecule has 0 radical (unpaired) electrons. The van der Waals surface area contributed by atoms with Crippen molar-refractivity contribution in [3.63, 3.8) is 0 Å². The molecule has 0 amide bonds. The Labute approximate surface area is 114 Å². The highest BCUT2D eigenvalue weighted by atomic mass is 32.2. The first-order valence-corrected chi connectivity index (χ1v) is 10.2. The third kappa shape index (κ3) is 3.68. The summed E-state index contributed by atoms with van der Waals surface area (Å²) in [5.74, 6) is 0. The van der Waals surface area contributed by atoms with Gasteiger partial charge in [-0.25, -0.2) is 0 Å². The molecule has 106 valence electrons.